The number of carbonyl (C=O) groups excluding carboxylic acids is 1. The summed E-state index contributed by atoms with van der Waals surface area (Å²) in [6.07, 6.45) is 3.75. The topological polar surface area (TPSA) is 55.5 Å². The number of amides is 1. The van der Waals surface area contributed by atoms with Crippen molar-refractivity contribution in [2.75, 3.05) is 37.7 Å². The average molecular weight is 448 g/mol. The molecule has 2 aromatic heterocycles. The van der Waals surface area contributed by atoms with E-state index in [-0.39, 0.29) is 6.09 Å². The molecule has 1 aliphatic rings. The molecule has 9 heteroatoms. The first-order valence-electron chi connectivity index (χ1n) is 9.80. The van der Waals surface area contributed by atoms with Crippen molar-refractivity contribution in [2.24, 2.45) is 7.05 Å². The van der Waals surface area contributed by atoms with Crippen molar-refractivity contribution < 1.29 is 9.53 Å². The molecular formula is C21H23Cl2N5O2. The third-order valence-corrected chi connectivity index (χ3v) is 5.62. The minimum atomic E-state index is -0.267. The van der Waals surface area contributed by atoms with Crippen LogP contribution in [-0.2, 0) is 11.8 Å². The number of nitrogens with zero attached hydrogens (tertiary/aromatic N) is 5. The molecule has 4 rings (SSSR count). The molecule has 1 aromatic carbocycles. The molecule has 1 fully saturated rings. The Bertz CT molecular complexity index is 1050. The van der Waals surface area contributed by atoms with Crippen LogP contribution in [0.5, 0.6) is 0 Å². The number of ether oxygens (including phenoxy) is 1. The lowest BCUT2D eigenvalue weighted by molar-refractivity contribution is 0.105. The van der Waals surface area contributed by atoms with Gasteiger partial charge in [-0.3, -0.25) is 0 Å². The van der Waals surface area contributed by atoms with E-state index in [1.165, 1.54) is 0 Å². The Kier molecular flexibility index (Phi) is 5.92. The molecule has 1 saturated heterocycles. The monoisotopic (exact) mass is 447 g/mol. The molecule has 1 aliphatic heterocycles. The second-order valence-electron chi connectivity index (χ2n) is 7.13. The standard InChI is InChI=1S/C21H23Cl2N5O2/c1-3-30-21(29)27-10-8-26(9-11-27)20-13-18(15-6-7-25(2)14-15)24-28(20)19-5-4-16(22)12-17(19)23/h4-7,12-14H,3,8-11H2,1-2H3. The number of halogens is 2. The zero-order chi connectivity index (χ0) is 21.3. The smallest absolute Gasteiger partial charge is 0.409 e. The van der Waals surface area contributed by atoms with Gasteiger partial charge in [-0.05, 0) is 31.2 Å². The van der Waals surface area contributed by atoms with Crippen LogP contribution in [0.15, 0.2) is 42.7 Å². The van der Waals surface area contributed by atoms with Crippen molar-refractivity contribution in [3.8, 4) is 16.9 Å². The molecule has 0 radical (unpaired) electrons. The Balaban J connectivity index is 1.68. The maximum atomic E-state index is 12.0. The largest absolute Gasteiger partial charge is 0.450 e. The van der Waals surface area contributed by atoms with Gasteiger partial charge in [-0.15, -0.1) is 0 Å². The lowest BCUT2D eigenvalue weighted by Crippen LogP contribution is -2.49. The van der Waals surface area contributed by atoms with Gasteiger partial charge in [-0.25, -0.2) is 9.48 Å². The molecule has 0 aliphatic carbocycles. The Hall–Kier alpha value is -2.64. The van der Waals surface area contributed by atoms with Crippen LogP contribution in [-0.4, -0.2) is 58.1 Å². The summed E-state index contributed by atoms with van der Waals surface area (Å²) >= 11 is 12.6. The fourth-order valence-electron chi connectivity index (χ4n) is 3.56. The molecule has 7 nitrogen and oxygen atoms in total. The fraction of sp³-hybridized carbons (Fsp3) is 0.333. The SMILES string of the molecule is CCOC(=O)N1CCN(c2cc(-c3ccn(C)c3)nn2-c2ccc(Cl)cc2Cl)CC1. The lowest BCUT2D eigenvalue weighted by Gasteiger charge is -2.35. The molecule has 0 atom stereocenters. The number of anilines is 1. The minimum Gasteiger partial charge on any atom is -0.450 e. The summed E-state index contributed by atoms with van der Waals surface area (Å²) in [6, 6.07) is 9.46. The highest BCUT2D eigenvalue weighted by Crippen LogP contribution is 2.32. The summed E-state index contributed by atoms with van der Waals surface area (Å²) in [4.78, 5) is 16.0. The number of rotatable bonds is 4. The zero-order valence-electron chi connectivity index (χ0n) is 16.9. The van der Waals surface area contributed by atoms with Gasteiger partial charge in [0, 0.05) is 62.3 Å². The average Bonchev–Trinajstić information content (AvgIpc) is 3.35. The quantitative estimate of drug-likeness (QED) is 0.592. The summed E-state index contributed by atoms with van der Waals surface area (Å²) < 4.78 is 8.96. The van der Waals surface area contributed by atoms with Crippen molar-refractivity contribution in [3.63, 3.8) is 0 Å². The van der Waals surface area contributed by atoms with E-state index >= 15 is 0 Å². The van der Waals surface area contributed by atoms with E-state index in [9.17, 15) is 4.79 Å². The van der Waals surface area contributed by atoms with Crippen LogP contribution >= 0.6 is 23.2 Å². The molecule has 30 heavy (non-hydrogen) atoms. The summed E-state index contributed by atoms with van der Waals surface area (Å²) in [5.41, 5.74) is 2.63. The molecule has 3 heterocycles. The van der Waals surface area contributed by atoms with Gasteiger partial charge in [-0.2, -0.15) is 5.10 Å². The molecule has 0 unspecified atom stereocenters. The summed E-state index contributed by atoms with van der Waals surface area (Å²) in [5, 5.41) is 5.94. The van der Waals surface area contributed by atoms with E-state index < -0.39 is 0 Å². The van der Waals surface area contributed by atoms with E-state index in [4.69, 9.17) is 33.0 Å². The minimum absolute atomic E-state index is 0.267. The van der Waals surface area contributed by atoms with E-state index in [2.05, 4.69) is 11.0 Å². The second-order valence-corrected chi connectivity index (χ2v) is 7.98. The Morgan fingerprint density at radius 1 is 1.13 bits per heavy atom. The van der Waals surface area contributed by atoms with Crippen LogP contribution in [0, 0.1) is 0 Å². The number of benzene rings is 1. The van der Waals surface area contributed by atoms with E-state index in [0.29, 0.717) is 42.8 Å². The molecule has 0 saturated carbocycles. The molecule has 0 N–H and O–H groups in total. The van der Waals surface area contributed by atoms with Crippen LogP contribution in [0.2, 0.25) is 10.0 Å². The van der Waals surface area contributed by atoms with Crippen LogP contribution < -0.4 is 4.90 Å². The van der Waals surface area contributed by atoms with Gasteiger partial charge in [0.1, 0.15) is 5.82 Å². The first-order valence-corrected chi connectivity index (χ1v) is 10.6. The highest BCUT2D eigenvalue weighted by molar-refractivity contribution is 6.35. The molecular weight excluding hydrogens is 425 g/mol. The molecule has 0 bridgehead atoms. The van der Waals surface area contributed by atoms with Crippen LogP contribution in [0.4, 0.5) is 10.6 Å². The van der Waals surface area contributed by atoms with Crippen molar-refractivity contribution in [3.05, 3.63) is 52.8 Å². The van der Waals surface area contributed by atoms with Gasteiger partial charge in [0.15, 0.2) is 0 Å². The highest BCUT2D eigenvalue weighted by atomic mass is 35.5. The highest BCUT2D eigenvalue weighted by Gasteiger charge is 2.26. The van der Waals surface area contributed by atoms with Gasteiger partial charge in [-0.1, -0.05) is 23.2 Å². The molecule has 3 aromatic rings. The van der Waals surface area contributed by atoms with Crippen molar-refractivity contribution in [2.45, 2.75) is 6.92 Å². The first-order chi connectivity index (χ1) is 14.5. The van der Waals surface area contributed by atoms with Crippen molar-refractivity contribution in [1.82, 2.24) is 19.2 Å². The maximum Gasteiger partial charge on any atom is 0.409 e. The van der Waals surface area contributed by atoms with E-state index in [1.807, 2.05) is 47.7 Å². The molecule has 1 amide bonds. The van der Waals surface area contributed by atoms with E-state index in [1.54, 1.807) is 17.0 Å². The second kappa shape index (κ2) is 8.62. The predicted molar refractivity (Wildman–Crippen MR) is 119 cm³/mol. The number of piperazine rings is 1. The van der Waals surface area contributed by atoms with Gasteiger partial charge < -0.3 is 19.1 Å². The van der Waals surface area contributed by atoms with Gasteiger partial charge >= 0.3 is 6.09 Å². The maximum absolute atomic E-state index is 12.0. The van der Waals surface area contributed by atoms with Gasteiger partial charge in [0.2, 0.25) is 0 Å². The van der Waals surface area contributed by atoms with Crippen LogP contribution in [0.25, 0.3) is 16.9 Å². The number of carbonyl (C=O) groups is 1. The summed E-state index contributed by atoms with van der Waals surface area (Å²) in [6.45, 7) is 4.70. The van der Waals surface area contributed by atoms with E-state index in [0.717, 1.165) is 22.8 Å². The van der Waals surface area contributed by atoms with Crippen molar-refractivity contribution in [1.29, 1.82) is 0 Å². The Morgan fingerprint density at radius 2 is 1.90 bits per heavy atom. The fourth-order valence-corrected chi connectivity index (χ4v) is 4.04. The predicted octanol–water partition coefficient (Wildman–Crippen LogP) is 4.46. The number of aryl methyl sites for hydroxylation is 1. The third kappa shape index (κ3) is 4.13. The normalized spacial score (nSPS) is 14.3. The van der Waals surface area contributed by atoms with Crippen molar-refractivity contribution >= 4 is 35.1 Å². The summed E-state index contributed by atoms with van der Waals surface area (Å²) in [7, 11) is 1.98. The van der Waals surface area contributed by atoms with Crippen LogP contribution in [0.3, 0.4) is 0 Å². The summed E-state index contributed by atoms with van der Waals surface area (Å²) in [5.74, 6) is 0.918. The number of hydrogen-bond donors (Lipinski definition) is 0. The molecule has 0 spiro atoms. The number of hydrogen-bond acceptors (Lipinski definition) is 4. The first kappa shape index (κ1) is 20.6. The van der Waals surface area contributed by atoms with Gasteiger partial charge in [0.25, 0.3) is 0 Å². The molecule has 158 valence electrons. The lowest BCUT2D eigenvalue weighted by atomic mass is 10.2. The van der Waals surface area contributed by atoms with Crippen LogP contribution in [0.1, 0.15) is 6.92 Å². The zero-order valence-corrected chi connectivity index (χ0v) is 18.4. The van der Waals surface area contributed by atoms with Gasteiger partial charge in [0.05, 0.1) is 23.0 Å². The Morgan fingerprint density at radius 3 is 2.53 bits per heavy atom. The third-order valence-electron chi connectivity index (χ3n) is 5.09. The number of aromatic nitrogens is 3. The Labute approximate surface area is 185 Å².